The molecule has 1 aromatic heterocycles. The number of benzene rings is 2. The van der Waals surface area contributed by atoms with Crippen LogP contribution >= 0.6 is 27.3 Å². The highest BCUT2D eigenvalue weighted by atomic mass is 79.9. The van der Waals surface area contributed by atoms with Crippen molar-refractivity contribution in [2.45, 2.75) is 0 Å². The van der Waals surface area contributed by atoms with Crippen molar-refractivity contribution in [2.75, 3.05) is 5.32 Å². The van der Waals surface area contributed by atoms with E-state index < -0.39 is 5.91 Å². The molecule has 0 fully saturated rings. The maximum Gasteiger partial charge on any atom is 0.268 e. The van der Waals surface area contributed by atoms with E-state index in [0.29, 0.717) is 16.4 Å². The number of phenols is 2. The Morgan fingerprint density at radius 1 is 1.19 bits per heavy atom. The van der Waals surface area contributed by atoms with Crippen molar-refractivity contribution in [3.63, 3.8) is 0 Å². The normalized spacial score (nSPS) is 11.0. The number of thiazole rings is 1. The smallest absolute Gasteiger partial charge is 0.268 e. The molecule has 0 unspecified atom stereocenters. The van der Waals surface area contributed by atoms with Gasteiger partial charge in [0.15, 0.2) is 16.6 Å². The van der Waals surface area contributed by atoms with E-state index in [0.717, 1.165) is 10.0 Å². The van der Waals surface area contributed by atoms with Gasteiger partial charge in [-0.2, -0.15) is 5.26 Å². The van der Waals surface area contributed by atoms with Crippen LogP contribution in [-0.4, -0.2) is 21.1 Å². The topological polar surface area (TPSA) is 106 Å². The van der Waals surface area contributed by atoms with Gasteiger partial charge in [0.05, 0.1) is 5.69 Å². The molecule has 0 spiro atoms. The largest absolute Gasteiger partial charge is 0.504 e. The Balaban J connectivity index is 1.77. The van der Waals surface area contributed by atoms with Crippen LogP contribution in [-0.2, 0) is 4.79 Å². The summed E-state index contributed by atoms with van der Waals surface area (Å²) in [5, 5.41) is 32.9. The summed E-state index contributed by atoms with van der Waals surface area (Å²) in [6, 6.07) is 13.5. The summed E-state index contributed by atoms with van der Waals surface area (Å²) in [4.78, 5) is 16.7. The van der Waals surface area contributed by atoms with E-state index in [1.54, 1.807) is 0 Å². The number of hydrogen-bond acceptors (Lipinski definition) is 6. The van der Waals surface area contributed by atoms with E-state index >= 15 is 0 Å². The first-order valence-corrected chi connectivity index (χ1v) is 9.30. The van der Waals surface area contributed by atoms with Gasteiger partial charge in [0, 0.05) is 15.4 Å². The molecule has 0 saturated carbocycles. The summed E-state index contributed by atoms with van der Waals surface area (Å²) in [5.74, 6) is -1.22. The number of phenolic OH excluding ortho intramolecular Hbond substituents is 2. The molecule has 2 aromatic carbocycles. The Labute approximate surface area is 167 Å². The second-order valence-electron chi connectivity index (χ2n) is 5.42. The van der Waals surface area contributed by atoms with E-state index in [-0.39, 0.29) is 17.1 Å². The SMILES string of the molecule is N#C/C(=C\c1ccc(O)c(O)c1)C(=O)Nc1nc(-c2ccc(Br)cc2)cs1. The van der Waals surface area contributed by atoms with E-state index in [4.69, 9.17) is 0 Å². The van der Waals surface area contributed by atoms with E-state index in [1.165, 1.54) is 35.6 Å². The van der Waals surface area contributed by atoms with Gasteiger partial charge in [-0.15, -0.1) is 11.3 Å². The molecule has 134 valence electrons. The summed E-state index contributed by atoms with van der Waals surface area (Å²) in [5.41, 5.74) is 1.88. The Morgan fingerprint density at radius 2 is 1.93 bits per heavy atom. The lowest BCUT2D eigenvalue weighted by molar-refractivity contribution is -0.112. The predicted octanol–water partition coefficient (Wildman–Crippen LogP) is 4.53. The first kappa shape index (κ1) is 18.6. The number of carbonyl (C=O) groups is 1. The molecule has 0 aliphatic rings. The number of nitrogens with zero attached hydrogens (tertiary/aromatic N) is 2. The quantitative estimate of drug-likeness (QED) is 0.313. The number of halogens is 1. The van der Waals surface area contributed by atoms with Crippen LogP contribution in [0.4, 0.5) is 5.13 Å². The van der Waals surface area contributed by atoms with Crippen molar-refractivity contribution in [3.8, 4) is 28.8 Å². The molecule has 3 rings (SSSR count). The highest BCUT2D eigenvalue weighted by molar-refractivity contribution is 9.10. The molecule has 6 nitrogen and oxygen atoms in total. The highest BCUT2D eigenvalue weighted by Crippen LogP contribution is 2.27. The summed E-state index contributed by atoms with van der Waals surface area (Å²) in [6.45, 7) is 0. The summed E-state index contributed by atoms with van der Waals surface area (Å²) >= 11 is 4.63. The number of amides is 1. The maximum atomic E-state index is 12.3. The van der Waals surface area contributed by atoms with Gasteiger partial charge in [0.1, 0.15) is 11.6 Å². The second kappa shape index (κ2) is 8.03. The molecule has 27 heavy (non-hydrogen) atoms. The average Bonchev–Trinajstić information content (AvgIpc) is 3.11. The van der Waals surface area contributed by atoms with Gasteiger partial charge >= 0.3 is 0 Å². The number of rotatable bonds is 4. The van der Waals surface area contributed by atoms with Crippen LogP contribution in [0.25, 0.3) is 17.3 Å². The van der Waals surface area contributed by atoms with Gasteiger partial charge in [0.2, 0.25) is 0 Å². The zero-order chi connectivity index (χ0) is 19.4. The molecule has 0 bridgehead atoms. The van der Waals surface area contributed by atoms with Crippen LogP contribution in [0.1, 0.15) is 5.56 Å². The Hall–Kier alpha value is -3.15. The van der Waals surface area contributed by atoms with Crippen LogP contribution in [0.2, 0.25) is 0 Å². The Bertz CT molecular complexity index is 1070. The van der Waals surface area contributed by atoms with Crippen molar-refractivity contribution in [1.82, 2.24) is 4.98 Å². The fourth-order valence-electron chi connectivity index (χ4n) is 2.19. The first-order chi connectivity index (χ1) is 13.0. The van der Waals surface area contributed by atoms with Gasteiger partial charge in [0.25, 0.3) is 5.91 Å². The summed E-state index contributed by atoms with van der Waals surface area (Å²) in [6.07, 6.45) is 1.32. The van der Waals surface area contributed by atoms with E-state index in [2.05, 4.69) is 26.2 Å². The van der Waals surface area contributed by atoms with Gasteiger partial charge in [-0.3, -0.25) is 10.1 Å². The van der Waals surface area contributed by atoms with Gasteiger partial charge in [-0.05, 0) is 35.9 Å². The molecule has 1 heterocycles. The number of carbonyl (C=O) groups excluding carboxylic acids is 1. The molecule has 0 saturated heterocycles. The minimum atomic E-state index is -0.609. The number of hydrogen-bond donors (Lipinski definition) is 3. The van der Waals surface area contributed by atoms with Crippen molar-refractivity contribution >= 4 is 44.4 Å². The third kappa shape index (κ3) is 4.53. The molecule has 0 atom stereocenters. The third-order valence-corrected chi connectivity index (χ3v) is 4.83. The van der Waals surface area contributed by atoms with Crippen molar-refractivity contribution < 1.29 is 15.0 Å². The average molecular weight is 442 g/mol. The number of aromatic nitrogens is 1. The second-order valence-corrected chi connectivity index (χ2v) is 7.19. The van der Waals surface area contributed by atoms with E-state index in [1.807, 2.05) is 35.7 Å². The lowest BCUT2D eigenvalue weighted by Crippen LogP contribution is -2.13. The lowest BCUT2D eigenvalue weighted by atomic mass is 10.1. The van der Waals surface area contributed by atoms with Crippen LogP contribution in [0.5, 0.6) is 11.5 Å². The Kier molecular flexibility index (Phi) is 5.54. The van der Waals surface area contributed by atoms with Gasteiger partial charge in [-0.25, -0.2) is 4.98 Å². The van der Waals surface area contributed by atoms with Crippen molar-refractivity contribution in [2.24, 2.45) is 0 Å². The van der Waals surface area contributed by atoms with Crippen LogP contribution < -0.4 is 5.32 Å². The minimum Gasteiger partial charge on any atom is -0.504 e. The highest BCUT2D eigenvalue weighted by Gasteiger charge is 2.13. The summed E-state index contributed by atoms with van der Waals surface area (Å²) in [7, 11) is 0. The zero-order valence-electron chi connectivity index (χ0n) is 13.7. The van der Waals surface area contributed by atoms with Crippen molar-refractivity contribution in [1.29, 1.82) is 5.26 Å². The molecule has 1 amide bonds. The standard InChI is InChI=1S/C19H12BrN3O3S/c20-14-4-2-12(3-5-14)15-10-27-19(22-15)23-18(26)13(9-21)7-11-1-6-16(24)17(25)8-11/h1-8,10,24-25H,(H,22,23,26)/b13-7+. The molecule has 8 heteroatoms. The number of nitriles is 1. The number of aromatic hydroxyl groups is 2. The van der Waals surface area contributed by atoms with Crippen molar-refractivity contribution in [3.05, 3.63) is 63.5 Å². The van der Waals surface area contributed by atoms with Crippen LogP contribution in [0.15, 0.2) is 57.9 Å². The van der Waals surface area contributed by atoms with Crippen LogP contribution in [0, 0.1) is 11.3 Å². The molecule has 0 aliphatic heterocycles. The monoisotopic (exact) mass is 441 g/mol. The fraction of sp³-hybridized carbons (Fsp3) is 0. The van der Waals surface area contributed by atoms with Gasteiger partial charge in [-0.1, -0.05) is 34.1 Å². The summed E-state index contributed by atoms with van der Waals surface area (Å²) < 4.78 is 0.957. The van der Waals surface area contributed by atoms with Gasteiger partial charge < -0.3 is 10.2 Å². The molecular weight excluding hydrogens is 430 g/mol. The number of anilines is 1. The molecule has 3 N–H and O–H groups in total. The number of nitrogens with one attached hydrogen (secondary N) is 1. The molecule has 0 radical (unpaired) electrons. The zero-order valence-corrected chi connectivity index (χ0v) is 16.1. The molecule has 3 aromatic rings. The lowest BCUT2D eigenvalue weighted by Gasteiger charge is -2.02. The fourth-order valence-corrected chi connectivity index (χ4v) is 3.17. The van der Waals surface area contributed by atoms with Crippen LogP contribution in [0.3, 0.4) is 0 Å². The third-order valence-electron chi connectivity index (χ3n) is 3.54. The minimum absolute atomic E-state index is 0.152. The first-order valence-electron chi connectivity index (χ1n) is 7.63. The maximum absolute atomic E-state index is 12.3. The van der Waals surface area contributed by atoms with E-state index in [9.17, 15) is 20.3 Å². The molecular formula is C19H12BrN3O3S. The molecule has 0 aliphatic carbocycles. The predicted molar refractivity (Wildman–Crippen MR) is 107 cm³/mol. The Morgan fingerprint density at radius 3 is 2.59 bits per heavy atom.